The van der Waals surface area contributed by atoms with Crippen LogP contribution in [-0.2, 0) is 9.53 Å². The summed E-state index contributed by atoms with van der Waals surface area (Å²) in [4.78, 5) is 11.9. The molecule has 1 rings (SSSR count). The molecule has 0 spiro atoms. The van der Waals surface area contributed by atoms with E-state index < -0.39 is 24.2 Å². The van der Waals surface area contributed by atoms with E-state index >= 15 is 0 Å². The van der Waals surface area contributed by atoms with E-state index in [0.29, 0.717) is 6.42 Å². The number of rotatable bonds is 3. The quantitative estimate of drug-likeness (QED) is 0.798. The molecule has 0 saturated heterocycles. The number of halogens is 3. The molecule has 3 unspecified atom stereocenters. The third-order valence-corrected chi connectivity index (χ3v) is 4.02. The second kappa shape index (κ2) is 5.47. The first-order valence-electron chi connectivity index (χ1n) is 6.13. The van der Waals surface area contributed by atoms with Gasteiger partial charge in [-0.25, -0.2) is 0 Å². The van der Waals surface area contributed by atoms with Crippen LogP contribution in [0.5, 0.6) is 0 Å². The van der Waals surface area contributed by atoms with Crippen molar-refractivity contribution in [2.75, 3.05) is 13.7 Å². The maximum atomic E-state index is 12.4. The average molecular weight is 267 g/mol. The highest BCUT2D eigenvalue weighted by Gasteiger charge is 2.49. The van der Waals surface area contributed by atoms with Crippen molar-refractivity contribution in [1.82, 2.24) is 5.32 Å². The second-order valence-corrected chi connectivity index (χ2v) is 5.09. The fourth-order valence-corrected chi connectivity index (χ4v) is 2.72. The smallest absolute Gasteiger partial charge is 0.401 e. The second-order valence-electron chi connectivity index (χ2n) is 5.09. The molecular weight excluding hydrogens is 247 g/mol. The van der Waals surface area contributed by atoms with E-state index in [-0.39, 0.29) is 11.8 Å². The monoisotopic (exact) mass is 267 g/mol. The number of esters is 1. The van der Waals surface area contributed by atoms with Crippen molar-refractivity contribution in [3.05, 3.63) is 0 Å². The molecule has 0 aromatic rings. The van der Waals surface area contributed by atoms with Crippen LogP contribution in [0.15, 0.2) is 0 Å². The van der Waals surface area contributed by atoms with E-state index in [9.17, 15) is 18.0 Å². The number of carbonyl (C=O) groups is 1. The first-order valence-corrected chi connectivity index (χ1v) is 6.13. The minimum atomic E-state index is -4.33. The minimum absolute atomic E-state index is 0.180. The molecule has 1 N–H and O–H groups in total. The lowest BCUT2D eigenvalue weighted by Gasteiger charge is -2.44. The van der Waals surface area contributed by atoms with Gasteiger partial charge in [-0.15, -0.1) is 0 Å². The number of alkyl halides is 3. The molecular formula is C12H20F3NO2. The molecule has 18 heavy (non-hydrogen) atoms. The van der Waals surface area contributed by atoms with Crippen molar-refractivity contribution < 1.29 is 22.7 Å². The van der Waals surface area contributed by atoms with Gasteiger partial charge in [-0.1, -0.05) is 26.7 Å². The molecule has 3 atom stereocenters. The number of ether oxygens (including phenoxy) is 1. The lowest BCUT2D eigenvalue weighted by molar-refractivity contribution is -0.160. The van der Waals surface area contributed by atoms with Crippen LogP contribution in [0.1, 0.15) is 33.1 Å². The van der Waals surface area contributed by atoms with Crippen LogP contribution >= 0.6 is 0 Å². The van der Waals surface area contributed by atoms with Crippen LogP contribution in [0.25, 0.3) is 0 Å². The highest BCUT2D eigenvalue weighted by Crippen LogP contribution is 2.39. The summed E-state index contributed by atoms with van der Waals surface area (Å²) in [5.41, 5.74) is -1.21. The summed E-state index contributed by atoms with van der Waals surface area (Å²) in [5.74, 6) is -0.578. The topological polar surface area (TPSA) is 38.3 Å². The van der Waals surface area contributed by atoms with E-state index in [1.54, 1.807) is 0 Å². The predicted octanol–water partition coefficient (Wildman–Crippen LogP) is 2.51. The maximum absolute atomic E-state index is 12.4. The Labute approximate surface area is 105 Å². The maximum Gasteiger partial charge on any atom is 0.401 e. The summed E-state index contributed by atoms with van der Waals surface area (Å²) in [6, 6.07) is 0. The van der Waals surface area contributed by atoms with Gasteiger partial charge in [0.15, 0.2) is 0 Å². The Morgan fingerprint density at radius 1 is 1.44 bits per heavy atom. The first kappa shape index (κ1) is 15.3. The predicted molar refractivity (Wildman–Crippen MR) is 61.0 cm³/mol. The highest BCUT2D eigenvalue weighted by molar-refractivity contribution is 5.81. The number of hydrogen-bond donors (Lipinski definition) is 1. The molecule has 106 valence electrons. The number of nitrogens with one attached hydrogen (secondary N) is 1. The van der Waals surface area contributed by atoms with Crippen molar-refractivity contribution in [1.29, 1.82) is 0 Å². The van der Waals surface area contributed by atoms with Gasteiger partial charge in [-0.2, -0.15) is 13.2 Å². The van der Waals surface area contributed by atoms with E-state index in [1.165, 1.54) is 7.11 Å². The lowest BCUT2D eigenvalue weighted by Crippen LogP contribution is -2.62. The molecule has 3 nitrogen and oxygen atoms in total. The van der Waals surface area contributed by atoms with Gasteiger partial charge in [-0.05, 0) is 18.3 Å². The van der Waals surface area contributed by atoms with Crippen LogP contribution in [0.4, 0.5) is 13.2 Å². The van der Waals surface area contributed by atoms with Crippen LogP contribution in [-0.4, -0.2) is 31.3 Å². The number of carbonyl (C=O) groups excluding carboxylic acids is 1. The van der Waals surface area contributed by atoms with Crippen LogP contribution in [0, 0.1) is 11.8 Å². The fourth-order valence-electron chi connectivity index (χ4n) is 2.72. The molecule has 0 amide bonds. The van der Waals surface area contributed by atoms with Crippen LogP contribution in [0.2, 0.25) is 0 Å². The Kier molecular flexibility index (Phi) is 4.64. The SMILES string of the molecule is COC(=O)C1(NCC(F)(F)F)CCCC(C)C1C. The van der Waals surface area contributed by atoms with Gasteiger partial charge in [0, 0.05) is 0 Å². The normalized spacial score (nSPS) is 33.2. The summed E-state index contributed by atoms with van der Waals surface area (Å²) in [6.45, 7) is 2.60. The Bertz CT molecular complexity index is 306. The molecule has 0 aliphatic heterocycles. The first-order chi connectivity index (χ1) is 8.23. The number of methoxy groups -OCH3 is 1. The molecule has 0 aromatic carbocycles. The van der Waals surface area contributed by atoms with E-state index in [2.05, 4.69) is 5.32 Å². The molecule has 1 fully saturated rings. The van der Waals surface area contributed by atoms with Crippen LogP contribution < -0.4 is 5.32 Å². The molecule has 0 aromatic heterocycles. The minimum Gasteiger partial charge on any atom is -0.468 e. The Balaban J connectivity index is 2.91. The molecule has 1 aliphatic rings. The van der Waals surface area contributed by atoms with Crippen molar-refractivity contribution in [3.63, 3.8) is 0 Å². The Hall–Kier alpha value is -0.780. The van der Waals surface area contributed by atoms with E-state index in [1.807, 2.05) is 13.8 Å². The van der Waals surface area contributed by atoms with E-state index in [4.69, 9.17) is 4.74 Å². The van der Waals surface area contributed by atoms with Gasteiger partial charge in [-0.3, -0.25) is 10.1 Å². The highest BCUT2D eigenvalue weighted by atomic mass is 19.4. The third-order valence-electron chi connectivity index (χ3n) is 4.02. The zero-order valence-corrected chi connectivity index (χ0v) is 10.9. The van der Waals surface area contributed by atoms with Crippen molar-refractivity contribution in [2.24, 2.45) is 11.8 Å². The molecule has 0 heterocycles. The Morgan fingerprint density at radius 3 is 2.56 bits per heavy atom. The van der Waals surface area contributed by atoms with Crippen molar-refractivity contribution in [3.8, 4) is 0 Å². The summed E-state index contributed by atoms with van der Waals surface area (Å²) in [7, 11) is 1.21. The van der Waals surface area contributed by atoms with Crippen LogP contribution in [0.3, 0.4) is 0 Å². The third kappa shape index (κ3) is 3.16. The number of hydrogen-bond acceptors (Lipinski definition) is 3. The van der Waals surface area contributed by atoms with Crippen molar-refractivity contribution >= 4 is 5.97 Å². The standard InChI is InChI=1S/C12H20F3NO2/c1-8-5-4-6-11(9(8)2,10(17)18-3)16-7-12(13,14)15/h8-9,16H,4-7H2,1-3H3. The van der Waals surface area contributed by atoms with Crippen molar-refractivity contribution in [2.45, 2.75) is 44.8 Å². The zero-order chi connectivity index (χ0) is 14.0. The summed E-state index contributed by atoms with van der Waals surface area (Å²) in [5, 5.41) is 2.41. The van der Waals surface area contributed by atoms with Gasteiger partial charge in [0.25, 0.3) is 0 Å². The largest absolute Gasteiger partial charge is 0.468 e. The molecule has 0 bridgehead atoms. The molecule has 6 heteroatoms. The average Bonchev–Trinajstić information content (AvgIpc) is 2.29. The van der Waals surface area contributed by atoms with Gasteiger partial charge >= 0.3 is 12.1 Å². The molecule has 1 aliphatic carbocycles. The van der Waals surface area contributed by atoms with Gasteiger partial charge in [0.2, 0.25) is 0 Å². The van der Waals surface area contributed by atoms with Gasteiger partial charge in [0.05, 0.1) is 13.7 Å². The summed E-state index contributed by atoms with van der Waals surface area (Å²) >= 11 is 0. The zero-order valence-electron chi connectivity index (χ0n) is 10.9. The molecule has 0 radical (unpaired) electrons. The fraction of sp³-hybridized carbons (Fsp3) is 0.917. The Morgan fingerprint density at radius 2 is 2.06 bits per heavy atom. The van der Waals surface area contributed by atoms with E-state index in [0.717, 1.165) is 12.8 Å². The van der Waals surface area contributed by atoms with Gasteiger partial charge < -0.3 is 4.74 Å². The van der Waals surface area contributed by atoms with Gasteiger partial charge in [0.1, 0.15) is 5.54 Å². The lowest BCUT2D eigenvalue weighted by atomic mass is 9.68. The summed E-state index contributed by atoms with van der Waals surface area (Å²) in [6.07, 6.45) is -2.29. The molecule has 1 saturated carbocycles. The summed E-state index contributed by atoms with van der Waals surface area (Å²) < 4.78 is 41.8.